The molecule has 8 atom stereocenters. The third-order valence-corrected chi connectivity index (χ3v) is 12.4. The Kier molecular flexibility index (Phi) is 7.68. The van der Waals surface area contributed by atoms with E-state index in [0.29, 0.717) is 47.6 Å². The monoisotopic (exact) mass is 521 g/mol. The fourth-order valence-electron chi connectivity index (χ4n) is 10.3. The molecule has 0 bridgehead atoms. The second kappa shape index (κ2) is 10.9. The van der Waals surface area contributed by atoms with Gasteiger partial charge in [-0.2, -0.15) is 0 Å². The van der Waals surface area contributed by atoms with E-state index in [-0.39, 0.29) is 11.5 Å². The Labute approximate surface area is 230 Å². The van der Waals surface area contributed by atoms with Crippen LogP contribution in [0.25, 0.3) is 0 Å². The van der Waals surface area contributed by atoms with Gasteiger partial charge in [0.05, 0.1) is 12.7 Å². The van der Waals surface area contributed by atoms with Crippen LogP contribution >= 0.6 is 0 Å². The molecule has 0 radical (unpaired) electrons. The van der Waals surface area contributed by atoms with E-state index >= 15 is 0 Å². The number of carbonyl (C=O) groups excluding carboxylic acids is 1. The Morgan fingerprint density at radius 3 is 2.71 bits per heavy atom. The van der Waals surface area contributed by atoms with Gasteiger partial charge in [0.1, 0.15) is 11.5 Å². The number of hydrogen-bond acceptors (Lipinski definition) is 4. The fourth-order valence-corrected chi connectivity index (χ4v) is 10.3. The Hall–Kier alpha value is -1.39. The molecule has 4 nitrogen and oxygen atoms in total. The van der Waals surface area contributed by atoms with E-state index in [9.17, 15) is 9.90 Å². The second-order valence-electron chi connectivity index (χ2n) is 14.2. The predicted molar refractivity (Wildman–Crippen MR) is 152 cm³/mol. The van der Waals surface area contributed by atoms with Gasteiger partial charge >= 0.3 is 0 Å². The average Bonchev–Trinajstić information content (AvgIpc) is 3.26. The van der Waals surface area contributed by atoms with Crippen molar-refractivity contribution in [3.05, 3.63) is 29.8 Å². The van der Waals surface area contributed by atoms with Crippen LogP contribution in [-0.2, 0) is 4.79 Å². The van der Waals surface area contributed by atoms with E-state index in [0.717, 1.165) is 50.2 Å². The SMILES string of the molecule is CC(NC1CCCCC1)c1cccc(OCCC23CCC4C(CCC5CC(=O)CC[C@@]54C)C2CC[C@@H]3O)c1. The first-order valence-corrected chi connectivity index (χ1v) is 16.1. The minimum Gasteiger partial charge on any atom is -0.494 e. The molecule has 1 aromatic carbocycles. The lowest BCUT2D eigenvalue weighted by Crippen LogP contribution is -2.55. The Bertz CT molecular complexity index is 988. The predicted octanol–water partition coefficient (Wildman–Crippen LogP) is 7.39. The van der Waals surface area contributed by atoms with E-state index < -0.39 is 0 Å². The standard InChI is InChI=1S/C34H51NO3/c1-23(35-26-8-4-3-5-9-26)24-7-6-10-28(21-24)38-20-19-34-18-16-30-29(31(34)13-14-32(34)37)12-11-25-22-27(36)15-17-33(25,30)2/h6-7,10,21,23,25-26,29-32,35,37H,3-5,8-9,11-20,22H2,1-2H3/t23?,25?,29?,30?,31?,32-,33-,34?/m0/s1. The van der Waals surface area contributed by atoms with Gasteiger partial charge < -0.3 is 15.2 Å². The van der Waals surface area contributed by atoms with Crippen LogP contribution in [0.2, 0.25) is 0 Å². The number of aliphatic hydroxyl groups is 1. The van der Waals surface area contributed by atoms with Gasteiger partial charge in [0.25, 0.3) is 0 Å². The summed E-state index contributed by atoms with van der Waals surface area (Å²) in [7, 11) is 0. The third kappa shape index (κ3) is 4.87. The first-order valence-electron chi connectivity index (χ1n) is 16.1. The highest BCUT2D eigenvalue weighted by Gasteiger charge is 2.61. The van der Waals surface area contributed by atoms with Gasteiger partial charge in [0.15, 0.2) is 0 Å². The first-order chi connectivity index (χ1) is 18.4. The third-order valence-electron chi connectivity index (χ3n) is 12.4. The molecule has 0 heterocycles. The highest BCUT2D eigenvalue weighted by Crippen LogP contribution is 2.66. The molecule has 1 aromatic rings. The molecular weight excluding hydrogens is 470 g/mol. The van der Waals surface area contributed by atoms with Gasteiger partial charge in [-0.15, -0.1) is 0 Å². The minimum absolute atomic E-state index is 0.0162. The minimum atomic E-state index is -0.193. The zero-order valence-corrected chi connectivity index (χ0v) is 23.9. The van der Waals surface area contributed by atoms with Gasteiger partial charge in [-0.05, 0) is 118 Å². The Morgan fingerprint density at radius 2 is 1.87 bits per heavy atom. The Morgan fingerprint density at radius 1 is 1.03 bits per heavy atom. The zero-order valence-electron chi connectivity index (χ0n) is 23.9. The number of fused-ring (bicyclic) bond motifs is 5. The first kappa shape index (κ1) is 26.8. The lowest BCUT2D eigenvalue weighted by molar-refractivity contribution is -0.145. The van der Waals surface area contributed by atoms with Crippen molar-refractivity contribution < 1.29 is 14.6 Å². The molecule has 0 saturated heterocycles. The van der Waals surface area contributed by atoms with Crippen molar-refractivity contribution in [2.45, 2.75) is 128 Å². The van der Waals surface area contributed by atoms with Crippen LogP contribution in [-0.4, -0.2) is 29.6 Å². The lowest BCUT2D eigenvalue weighted by Gasteiger charge is -2.60. The summed E-state index contributed by atoms with van der Waals surface area (Å²) in [6, 6.07) is 9.66. The van der Waals surface area contributed by atoms with E-state index in [4.69, 9.17) is 4.74 Å². The van der Waals surface area contributed by atoms with Crippen LogP contribution in [0.3, 0.4) is 0 Å². The molecule has 4 heteroatoms. The van der Waals surface area contributed by atoms with Crippen LogP contribution in [0.15, 0.2) is 24.3 Å². The van der Waals surface area contributed by atoms with Crippen LogP contribution in [0.4, 0.5) is 0 Å². The van der Waals surface area contributed by atoms with Gasteiger partial charge in [0, 0.05) is 30.3 Å². The number of ketones is 1. The fraction of sp³-hybridized carbons (Fsp3) is 0.794. The van der Waals surface area contributed by atoms with Crippen molar-refractivity contribution >= 4 is 5.78 Å². The number of carbonyl (C=O) groups is 1. The quantitative estimate of drug-likeness (QED) is 0.393. The number of nitrogens with one attached hydrogen (secondary N) is 1. The van der Waals surface area contributed by atoms with E-state index in [2.05, 4.69) is 43.4 Å². The molecule has 6 unspecified atom stereocenters. The number of rotatable bonds is 7. The normalized spacial score (nSPS) is 40.2. The van der Waals surface area contributed by atoms with E-state index in [1.807, 2.05) is 0 Å². The molecular formula is C34H51NO3. The summed E-state index contributed by atoms with van der Waals surface area (Å²) >= 11 is 0. The molecule has 0 aliphatic heterocycles. The molecule has 5 aliphatic rings. The summed E-state index contributed by atoms with van der Waals surface area (Å²) in [6.07, 6.45) is 17.1. The van der Waals surface area contributed by atoms with Crippen LogP contribution in [0, 0.1) is 34.5 Å². The van der Waals surface area contributed by atoms with Crippen LogP contribution < -0.4 is 10.1 Å². The molecule has 6 rings (SSSR count). The molecule has 38 heavy (non-hydrogen) atoms. The number of hydrogen-bond donors (Lipinski definition) is 2. The van der Waals surface area contributed by atoms with Crippen molar-refractivity contribution in [2.24, 2.45) is 34.5 Å². The maximum atomic E-state index is 12.2. The largest absolute Gasteiger partial charge is 0.494 e. The molecule has 5 fully saturated rings. The van der Waals surface area contributed by atoms with E-state index in [1.165, 1.54) is 63.4 Å². The number of benzene rings is 1. The maximum absolute atomic E-state index is 12.2. The molecule has 0 spiro atoms. The average molecular weight is 522 g/mol. The number of Topliss-reactive ketones (excluding diaryl/α,β-unsaturated/α-hetero) is 1. The maximum Gasteiger partial charge on any atom is 0.133 e. The second-order valence-corrected chi connectivity index (χ2v) is 14.2. The molecule has 0 amide bonds. The molecule has 5 aliphatic carbocycles. The van der Waals surface area contributed by atoms with Crippen molar-refractivity contribution in [2.75, 3.05) is 6.61 Å². The van der Waals surface area contributed by atoms with Crippen LogP contribution in [0.1, 0.15) is 122 Å². The van der Waals surface area contributed by atoms with Crippen molar-refractivity contribution in [1.29, 1.82) is 0 Å². The van der Waals surface area contributed by atoms with Gasteiger partial charge in [-0.3, -0.25) is 4.79 Å². The molecule has 210 valence electrons. The summed E-state index contributed by atoms with van der Waals surface area (Å²) < 4.78 is 6.42. The highest BCUT2D eigenvalue weighted by atomic mass is 16.5. The van der Waals surface area contributed by atoms with Gasteiger partial charge in [-0.25, -0.2) is 0 Å². The smallest absolute Gasteiger partial charge is 0.133 e. The lowest BCUT2D eigenvalue weighted by atomic mass is 9.44. The summed E-state index contributed by atoms with van der Waals surface area (Å²) in [5.41, 5.74) is 1.65. The number of ether oxygens (including phenoxy) is 1. The summed E-state index contributed by atoms with van der Waals surface area (Å²) in [4.78, 5) is 12.2. The summed E-state index contributed by atoms with van der Waals surface area (Å²) in [5, 5.41) is 15.2. The molecule has 0 aromatic heterocycles. The zero-order chi connectivity index (χ0) is 26.3. The van der Waals surface area contributed by atoms with E-state index in [1.54, 1.807) is 0 Å². The summed E-state index contributed by atoms with van der Waals surface area (Å²) in [5.74, 6) is 4.11. The number of aliphatic hydroxyl groups excluding tert-OH is 1. The molecule has 2 N–H and O–H groups in total. The van der Waals surface area contributed by atoms with Gasteiger partial charge in [0.2, 0.25) is 0 Å². The summed E-state index contributed by atoms with van der Waals surface area (Å²) in [6.45, 7) is 5.48. The molecule has 5 saturated carbocycles. The Balaban J connectivity index is 1.10. The highest BCUT2D eigenvalue weighted by molar-refractivity contribution is 5.79. The van der Waals surface area contributed by atoms with Gasteiger partial charge in [-0.1, -0.05) is 38.3 Å². The van der Waals surface area contributed by atoms with Crippen LogP contribution in [0.5, 0.6) is 5.75 Å². The van der Waals surface area contributed by atoms with Crippen molar-refractivity contribution in [3.8, 4) is 5.75 Å². The van der Waals surface area contributed by atoms with Crippen molar-refractivity contribution in [3.63, 3.8) is 0 Å². The topological polar surface area (TPSA) is 58.6 Å². The van der Waals surface area contributed by atoms with Crippen molar-refractivity contribution in [1.82, 2.24) is 5.32 Å².